The predicted octanol–water partition coefficient (Wildman–Crippen LogP) is 5.25. The Morgan fingerprint density at radius 3 is 2.48 bits per heavy atom. The van der Waals surface area contributed by atoms with Crippen LogP contribution in [0.4, 0.5) is 10.2 Å². The molecule has 6 heterocycles. The SMILES string of the molecule is CC1(Oc2ccc3n[nH]c(-c4cc(N5CCC(O[C@H]6C[C@H](N7CCC(c8ccc9c(c8F)CN(C8CCC(=O)NC8=O)C9=O)CC7)C6)CC5)ncn4)c3c2)CC1. The molecule has 292 valence electrons. The van der Waals surface area contributed by atoms with Gasteiger partial charge in [0.25, 0.3) is 5.91 Å². The molecule has 1 atom stereocenters. The maximum absolute atomic E-state index is 16.0. The maximum Gasteiger partial charge on any atom is 0.255 e. The summed E-state index contributed by atoms with van der Waals surface area (Å²) in [7, 11) is 0. The van der Waals surface area contributed by atoms with Gasteiger partial charge in [0.15, 0.2) is 0 Å². The average molecular weight is 763 g/mol. The molecular weight excluding hydrogens is 716 g/mol. The zero-order valence-electron chi connectivity index (χ0n) is 31.6. The third kappa shape index (κ3) is 6.59. The quantitative estimate of drug-likeness (QED) is 0.217. The summed E-state index contributed by atoms with van der Waals surface area (Å²) in [5, 5.41) is 11.0. The summed E-state index contributed by atoms with van der Waals surface area (Å²) in [5.74, 6) is 0.360. The molecule has 0 spiro atoms. The Labute approximate surface area is 324 Å². The Morgan fingerprint density at radius 1 is 0.911 bits per heavy atom. The molecule has 2 saturated carbocycles. The number of ether oxygens (including phenoxy) is 2. The minimum absolute atomic E-state index is 0.0539. The number of imide groups is 1. The van der Waals surface area contributed by atoms with E-state index in [0.29, 0.717) is 22.7 Å². The number of fused-ring (bicyclic) bond motifs is 2. The molecule has 5 fully saturated rings. The molecule has 6 aliphatic rings. The van der Waals surface area contributed by atoms with E-state index in [0.717, 1.165) is 111 Å². The highest BCUT2D eigenvalue weighted by Crippen LogP contribution is 2.42. The molecule has 56 heavy (non-hydrogen) atoms. The molecule has 14 heteroatoms. The molecule has 0 bridgehead atoms. The van der Waals surface area contributed by atoms with Crippen molar-refractivity contribution in [1.82, 2.24) is 35.3 Å². The summed E-state index contributed by atoms with van der Waals surface area (Å²) in [6.07, 6.45) is 10.4. The van der Waals surface area contributed by atoms with Gasteiger partial charge in [0.05, 0.1) is 35.7 Å². The van der Waals surface area contributed by atoms with Crippen LogP contribution in [-0.2, 0) is 20.9 Å². The van der Waals surface area contributed by atoms with Crippen LogP contribution < -0.4 is 15.0 Å². The number of hydrogen-bond acceptors (Lipinski definition) is 10. The predicted molar refractivity (Wildman–Crippen MR) is 205 cm³/mol. The minimum atomic E-state index is -0.749. The Bertz CT molecular complexity index is 2200. The van der Waals surface area contributed by atoms with E-state index in [-0.39, 0.29) is 60.7 Å². The molecule has 2 N–H and O–H groups in total. The van der Waals surface area contributed by atoms with E-state index in [2.05, 4.69) is 48.3 Å². The largest absolute Gasteiger partial charge is 0.488 e. The monoisotopic (exact) mass is 762 g/mol. The Kier molecular flexibility index (Phi) is 8.81. The second kappa shape index (κ2) is 13.9. The summed E-state index contributed by atoms with van der Waals surface area (Å²) in [4.78, 5) is 52.7. The molecule has 3 saturated heterocycles. The van der Waals surface area contributed by atoms with Gasteiger partial charge in [-0.15, -0.1) is 0 Å². The van der Waals surface area contributed by atoms with Gasteiger partial charge in [0.1, 0.15) is 35.4 Å². The number of aromatic nitrogens is 4. The zero-order valence-corrected chi connectivity index (χ0v) is 31.6. The van der Waals surface area contributed by atoms with Crippen LogP contribution in [0, 0.1) is 5.82 Å². The van der Waals surface area contributed by atoms with E-state index >= 15 is 4.39 Å². The molecule has 10 rings (SSSR count). The highest BCUT2D eigenvalue weighted by atomic mass is 19.1. The number of amides is 3. The standard InChI is InChI=1S/C42H47FN8O5/c1-42(12-13-42)56-27-2-5-33-31(20-27)39(48-47-33)34-21-36(45-23-44-34)50-16-10-26(11-17-50)55-28-18-25(19-28)49-14-8-24(9-15-49)29-3-4-30-32(38(29)43)22-51(41(30)54)35-6-7-37(52)46-40(35)53/h2-5,20-21,23-26,28,35H,6-19,22H2,1H3,(H,47,48)(H,46,52,53)/t25-,28-,35?. The Morgan fingerprint density at radius 2 is 1.71 bits per heavy atom. The lowest BCUT2D eigenvalue weighted by atomic mass is 9.83. The number of rotatable bonds is 9. The number of carbonyl (C=O) groups excluding carboxylic acids is 3. The highest BCUT2D eigenvalue weighted by Gasteiger charge is 2.43. The highest BCUT2D eigenvalue weighted by molar-refractivity contribution is 6.05. The number of hydrogen-bond donors (Lipinski definition) is 2. The number of piperidine rings is 3. The summed E-state index contributed by atoms with van der Waals surface area (Å²) < 4.78 is 28.8. The van der Waals surface area contributed by atoms with Gasteiger partial charge in [0.2, 0.25) is 11.8 Å². The molecule has 0 radical (unpaired) electrons. The lowest BCUT2D eigenvalue weighted by Gasteiger charge is -2.47. The third-order valence-electron chi connectivity index (χ3n) is 13.1. The third-order valence-corrected chi connectivity index (χ3v) is 13.1. The first kappa shape index (κ1) is 35.5. The molecule has 2 aromatic heterocycles. The molecule has 4 aromatic rings. The van der Waals surface area contributed by atoms with Crippen molar-refractivity contribution in [3.63, 3.8) is 0 Å². The lowest BCUT2D eigenvalue weighted by Crippen LogP contribution is -2.52. The van der Waals surface area contributed by atoms with Crippen LogP contribution in [0.5, 0.6) is 5.75 Å². The van der Waals surface area contributed by atoms with Crippen molar-refractivity contribution in [2.75, 3.05) is 31.1 Å². The minimum Gasteiger partial charge on any atom is -0.488 e. The van der Waals surface area contributed by atoms with E-state index in [1.165, 1.54) is 4.90 Å². The van der Waals surface area contributed by atoms with Gasteiger partial charge in [-0.25, -0.2) is 14.4 Å². The first-order valence-electron chi connectivity index (χ1n) is 20.3. The van der Waals surface area contributed by atoms with E-state index in [1.807, 2.05) is 18.2 Å². The molecule has 2 aliphatic carbocycles. The summed E-state index contributed by atoms with van der Waals surface area (Å²) in [5.41, 5.74) is 3.86. The van der Waals surface area contributed by atoms with Gasteiger partial charge >= 0.3 is 0 Å². The van der Waals surface area contributed by atoms with Crippen molar-refractivity contribution >= 4 is 34.4 Å². The van der Waals surface area contributed by atoms with Crippen molar-refractivity contribution < 1.29 is 28.2 Å². The topological polar surface area (TPSA) is 146 Å². The van der Waals surface area contributed by atoms with Crippen molar-refractivity contribution in [3.05, 3.63) is 65.2 Å². The van der Waals surface area contributed by atoms with E-state index in [9.17, 15) is 14.4 Å². The number of nitrogens with zero attached hydrogens (tertiary/aromatic N) is 6. The van der Waals surface area contributed by atoms with Gasteiger partial charge in [0, 0.05) is 48.1 Å². The molecule has 4 aliphatic heterocycles. The lowest BCUT2D eigenvalue weighted by molar-refractivity contribution is -0.136. The van der Waals surface area contributed by atoms with Crippen LogP contribution in [0.15, 0.2) is 42.7 Å². The first-order chi connectivity index (χ1) is 27.2. The Hall–Kier alpha value is -4.95. The molecule has 1 unspecified atom stereocenters. The number of halogens is 1. The number of likely N-dealkylation sites (tertiary alicyclic amines) is 1. The molecule has 2 aromatic carbocycles. The first-order valence-corrected chi connectivity index (χ1v) is 20.3. The number of anilines is 1. The van der Waals surface area contributed by atoms with Crippen molar-refractivity contribution in [1.29, 1.82) is 0 Å². The van der Waals surface area contributed by atoms with Crippen molar-refractivity contribution in [2.45, 2.75) is 113 Å². The van der Waals surface area contributed by atoms with Crippen LogP contribution in [0.25, 0.3) is 22.3 Å². The fraction of sp³-hybridized carbons (Fsp3) is 0.524. The maximum atomic E-state index is 16.0. The van der Waals surface area contributed by atoms with Crippen molar-refractivity contribution in [3.8, 4) is 17.1 Å². The van der Waals surface area contributed by atoms with E-state index < -0.39 is 11.9 Å². The second-order valence-corrected chi connectivity index (χ2v) is 16.9. The number of aromatic amines is 1. The number of benzene rings is 2. The van der Waals surface area contributed by atoms with Gasteiger partial charge in [-0.3, -0.25) is 24.8 Å². The second-order valence-electron chi connectivity index (χ2n) is 16.9. The van der Waals surface area contributed by atoms with E-state index in [1.54, 1.807) is 18.5 Å². The zero-order chi connectivity index (χ0) is 38.1. The Balaban J connectivity index is 0.690. The van der Waals surface area contributed by atoms with Gasteiger partial charge in [-0.2, -0.15) is 5.10 Å². The molecule has 3 amide bonds. The van der Waals surface area contributed by atoms with Crippen LogP contribution >= 0.6 is 0 Å². The van der Waals surface area contributed by atoms with Crippen LogP contribution in [0.2, 0.25) is 0 Å². The summed E-state index contributed by atoms with van der Waals surface area (Å²) >= 11 is 0. The fourth-order valence-corrected chi connectivity index (χ4v) is 9.42. The van der Waals surface area contributed by atoms with Crippen molar-refractivity contribution in [2.24, 2.45) is 0 Å². The number of carbonyl (C=O) groups is 3. The van der Waals surface area contributed by atoms with Crippen LogP contribution in [-0.4, -0.2) is 104 Å². The summed E-state index contributed by atoms with van der Waals surface area (Å²) in [6, 6.07) is 11.3. The fourth-order valence-electron chi connectivity index (χ4n) is 9.42. The smallest absolute Gasteiger partial charge is 0.255 e. The average Bonchev–Trinajstić information content (AvgIpc) is 3.60. The number of H-pyrrole nitrogens is 1. The van der Waals surface area contributed by atoms with E-state index in [4.69, 9.17) is 9.47 Å². The van der Waals surface area contributed by atoms with Crippen LogP contribution in [0.3, 0.4) is 0 Å². The van der Waals surface area contributed by atoms with Crippen LogP contribution in [0.1, 0.15) is 98.5 Å². The number of nitrogens with one attached hydrogen (secondary N) is 2. The molecular formula is C42H47FN8O5. The van der Waals surface area contributed by atoms with Gasteiger partial charge < -0.3 is 24.2 Å². The van der Waals surface area contributed by atoms with Gasteiger partial charge in [-0.05, 0) is 114 Å². The normalized spacial score (nSPS) is 25.7. The molecule has 13 nitrogen and oxygen atoms in total. The summed E-state index contributed by atoms with van der Waals surface area (Å²) in [6.45, 7) is 5.75. The van der Waals surface area contributed by atoms with Gasteiger partial charge in [-0.1, -0.05) is 6.07 Å².